The first-order valence-electron chi connectivity index (χ1n) is 8.30. The summed E-state index contributed by atoms with van der Waals surface area (Å²) < 4.78 is 0. The van der Waals surface area contributed by atoms with Crippen molar-refractivity contribution in [3.63, 3.8) is 0 Å². The van der Waals surface area contributed by atoms with Crippen LogP contribution in [0.2, 0.25) is 0 Å². The van der Waals surface area contributed by atoms with Gasteiger partial charge in [-0.1, -0.05) is 30.8 Å². The van der Waals surface area contributed by atoms with E-state index in [2.05, 4.69) is 23.0 Å². The summed E-state index contributed by atoms with van der Waals surface area (Å²) >= 11 is 3.20. The maximum Gasteiger partial charge on any atom is 0.260 e. The highest BCUT2D eigenvalue weighted by Gasteiger charge is 2.23. The van der Waals surface area contributed by atoms with E-state index in [0.717, 1.165) is 35.0 Å². The first kappa shape index (κ1) is 16.4. The number of aryl methyl sites for hydroxylation is 1. The summed E-state index contributed by atoms with van der Waals surface area (Å²) in [6.07, 6.45) is 3.19. The maximum absolute atomic E-state index is 12.6. The van der Waals surface area contributed by atoms with Gasteiger partial charge in [0, 0.05) is 10.6 Å². The monoisotopic (exact) mass is 367 g/mol. The molecule has 4 rings (SSSR count). The van der Waals surface area contributed by atoms with Crippen LogP contribution in [0.15, 0.2) is 34.2 Å². The number of aromatic amines is 1. The molecular formula is C19H17N3OS2. The molecule has 1 N–H and O–H groups in total. The van der Waals surface area contributed by atoms with Crippen LogP contribution in [-0.2, 0) is 18.6 Å². The van der Waals surface area contributed by atoms with Crippen LogP contribution in [0.4, 0.5) is 0 Å². The summed E-state index contributed by atoms with van der Waals surface area (Å²) in [5, 5.41) is 10.3. The molecule has 1 atom stereocenters. The van der Waals surface area contributed by atoms with Gasteiger partial charge in [-0.15, -0.1) is 11.3 Å². The standard InChI is InChI=1S/C19H17N3OS2/c1-11-2-7-14-15(8-11)25-18-16(14)17(23)21-19(22-18)24-10-13-5-3-12(9-20)4-6-13/h3-6,11H,2,7-8,10H2,1H3,(H,21,22,23)/t11-/m1/s1. The highest BCUT2D eigenvalue weighted by molar-refractivity contribution is 7.98. The molecule has 0 saturated heterocycles. The summed E-state index contributed by atoms with van der Waals surface area (Å²) in [6, 6.07) is 9.61. The molecule has 0 saturated carbocycles. The van der Waals surface area contributed by atoms with Gasteiger partial charge in [0.15, 0.2) is 5.16 Å². The van der Waals surface area contributed by atoms with Crippen LogP contribution >= 0.6 is 23.1 Å². The van der Waals surface area contributed by atoms with E-state index in [0.29, 0.717) is 22.4 Å². The number of rotatable bonds is 3. The van der Waals surface area contributed by atoms with Gasteiger partial charge in [0.25, 0.3) is 5.56 Å². The van der Waals surface area contributed by atoms with Gasteiger partial charge in [-0.05, 0) is 48.4 Å². The number of hydrogen-bond donors (Lipinski definition) is 1. The lowest BCUT2D eigenvalue weighted by molar-refractivity contribution is 0.509. The fraction of sp³-hybridized carbons (Fsp3) is 0.316. The van der Waals surface area contributed by atoms with E-state index in [1.165, 1.54) is 22.2 Å². The Labute approximate surface area is 153 Å². The molecule has 4 nitrogen and oxygen atoms in total. The summed E-state index contributed by atoms with van der Waals surface area (Å²) in [7, 11) is 0. The van der Waals surface area contributed by atoms with E-state index in [1.54, 1.807) is 11.3 Å². The van der Waals surface area contributed by atoms with Gasteiger partial charge in [-0.25, -0.2) is 4.98 Å². The van der Waals surface area contributed by atoms with Gasteiger partial charge in [0.2, 0.25) is 0 Å². The lowest BCUT2D eigenvalue weighted by Gasteiger charge is -2.17. The Morgan fingerprint density at radius 2 is 2.20 bits per heavy atom. The quantitative estimate of drug-likeness (QED) is 0.554. The summed E-state index contributed by atoms with van der Waals surface area (Å²) in [5.74, 6) is 1.40. The predicted octanol–water partition coefficient (Wildman–Crippen LogP) is 4.27. The Morgan fingerprint density at radius 1 is 1.40 bits per heavy atom. The molecule has 1 aromatic carbocycles. The zero-order valence-corrected chi connectivity index (χ0v) is 15.5. The smallest absolute Gasteiger partial charge is 0.260 e. The number of hydrogen-bond acceptors (Lipinski definition) is 5. The second-order valence-corrected chi connectivity index (χ2v) is 8.55. The summed E-state index contributed by atoms with van der Waals surface area (Å²) in [6.45, 7) is 2.27. The van der Waals surface area contributed by atoms with E-state index in [4.69, 9.17) is 5.26 Å². The molecule has 6 heteroatoms. The molecule has 0 aliphatic heterocycles. The van der Waals surface area contributed by atoms with Gasteiger partial charge in [0.05, 0.1) is 17.0 Å². The third-order valence-electron chi connectivity index (χ3n) is 4.60. The van der Waals surface area contributed by atoms with Crippen LogP contribution in [0, 0.1) is 17.2 Å². The lowest BCUT2D eigenvalue weighted by atomic mass is 9.89. The van der Waals surface area contributed by atoms with Crippen molar-refractivity contribution < 1.29 is 0 Å². The Hall–Kier alpha value is -2.10. The molecule has 0 amide bonds. The average molecular weight is 367 g/mol. The minimum Gasteiger partial charge on any atom is -0.301 e. The molecule has 0 unspecified atom stereocenters. The number of nitrogens with zero attached hydrogens (tertiary/aromatic N) is 2. The van der Waals surface area contributed by atoms with Crippen molar-refractivity contribution in [3.05, 3.63) is 56.2 Å². The summed E-state index contributed by atoms with van der Waals surface area (Å²) in [4.78, 5) is 22.4. The van der Waals surface area contributed by atoms with Gasteiger partial charge in [0.1, 0.15) is 4.83 Å². The minimum atomic E-state index is -0.0145. The molecule has 0 spiro atoms. The van der Waals surface area contributed by atoms with Crippen LogP contribution in [0.5, 0.6) is 0 Å². The number of thiophene rings is 1. The first-order chi connectivity index (χ1) is 12.1. The largest absolute Gasteiger partial charge is 0.301 e. The number of thioether (sulfide) groups is 1. The van der Waals surface area contributed by atoms with E-state index < -0.39 is 0 Å². The van der Waals surface area contributed by atoms with Crippen LogP contribution in [0.3, 0.4) is 0 Å². The van der Waals surface area contributed by atoms with Crippen molar-refractivity contribution in [2.75, 3.05) is 0 Å². The van der Waals surface area contributed by atoms with Crippen LogP contribution in [0.25, 0.3) is 10.2 Å². The number of aromatic nitrogens is 2. The third kappa shape index (κ3) is 3.22. The van der Waals surface area contributed by atoms with Gasteiger partial charge in [-0.3, -0.25) is 4.79 Å². The van der Waals surface area contributed by atoms with Crippen LogP contribution in [0.1, 0.15) is 34.9 Å². The second-order valence-electron chi connectivity index (χ2n) is 6.50. The van der Waals surface area contributed by atoms with Crippen molar-refractivity contribution >= 4 is 33.3 Å². The molecule has 1 aliphatic carbocycles. The minimum absolute atomic E-state index is 0.0145. The fourth-order valence-corrected chi connectivity index (χ4v) is 5.48. The van der Waals surface area contributed by atoms with Crippen LogP contribution in [-0.4, -0.2) is 9.97 Å². The summed E-state index contributed by atoms with van der Waals surface area (Å²) in [5.41, 5.74) is 2.96. The Bertz CT molecular complexity index is 1030. The third-order valence-corrected chi connectivity index (χ3v) is 6.69. The molecule has 0 bridgehead atoms. The topological polar surface area (TPSA) is 69.5 Å². The van der Waals surface area contributed by atoms with Gasteiger partial charge >= 0.3 is 0 Å². The molecule has 25 heavy (non-hydrogen) atoms. The zero-order valence-electron chi connectivity index (χ0n) is 13.8. The first-order valence-corrected chi connectivity index (χ1v) is 10.1. The number of nitrogens with one attached hydrogen (secondary N) is 1. The van der Waals surface area contributed by atoms with E-state index in [9.17, 15) is 4.79 Å². The number of benzene rings is 1. The van der Waals surface area contributed by atoms with Crippen molar-refractivity contribution in [3.8, 4) is 6.07 Å². The van der Waals surface area contributed by atoms with Crippen molar-refractivity contribution in [1.82, 2.24) is 9.97 Å². The van der Waals surface area contributed by atoms with Crippen molar-refractivity contribution in [2.24, 2.45) is 5.92 Å². The molecule has 0 radical (unpaired) electrons. The Kier molecular flexibility index (Phi) is 4.36. The van der Waals surface area contributed by atoms with Gasteiger partial charge in [-0.2, -0.15) is 5.26 Å². The number of H-pyrrole nitrogens is 1. The normalized spacial score (nSPS) is 16.6. The second kappa shape index (κ2) is 6.66. The maximum atomic E-state index is 12.6. The number of nitriles is 1. The zero-order chi connectivity index (χ0) is 17.4. The average Bonchev–Trinajstić information content (AvgIpc) is 2.98. The molecule has 2 aromatic heterocycles. The van der Waals surface area contributed by atoms with Crippen LogP contribution < -0.4 is 5.56 Å². The number of fused-ring (bicyclic) bond motifs is 3. The molecule has 1 aliphatic rings. The van der Waals surface area contributed by atoms with E-state index in [1.807, 2.05) is 24.3 Å². The Morgan fingerprint density at radius 3 is 2.96 bits per heavy atom. The fourth-order valence-electron chi connectivity index (χ4n) is 3.22. The predicted molar refractivity (Wildman–Crippen MR) is 102 cm³/mol. The van der Waals surface area contributed by atoms with E-state index in [-0.39, 0.29) is 5.56 Å². The van der Waals surface area contributed by atoms with Gasteiger partial charge < -0.3 is 4.98 Å². The molecule has 3 aromatic rings. The molecule has 0 fully saturated rings. The SMILES string of the molecule is C[C@@H]1CCc2c(sc3nc(SCc4ccc(C#N)cc4)[nH]c(=O)c23)C1. The highest BCUT2D eigenvalue weighted by Crippen LogP contribution is 2.36. The molecule has 2 heterocycles. The van der Waals surface area contributed by atoms with Crippen molar-refractivity contribution in [1.29, 1.82) is 5.26 Å². The molecular weight excluding hydrogens is 350 g/mol. The highest BCUT2D eigenvalue weighted by atomic mass is 32.2. The van der Waals surface area contributed by atoms with Crippen molar-refractivity contribution in [2.45, 2.75) is 37.1 Å². The Balaban J connectivity index is 1.60. The molecule has 126 valence electrons. The van der Waals surface area contributed by atoms with E-state index >= 15 is 0 Å². The lowest BCUT2D eigenvalue weighted by Crippen LogP contribution is -2.13.